The Morgan fingerprint density at radius 1 is 1.00 bits per heavy atom. The molecule has 2 heterocycles. The van der Waals surface area contributed by atoms with Crippen molar-refractivity contribution in [1.29, 1.82) is 0 Å². The maximum atomic E-state index is 12.0. The Morgan fingerprint density at radius 3 is 2.40 bits per heavy atom. The van der Waals surface area contributed by atoms with Gasteiger partial charge in [-0.2, -0.15) is 0 Å². The van der Waals surface area contributed by atoms with Gasteiger partial charge in [0.05, 0.1) is 0 Å². The van der Waals surface area contributed by atoms with Gasteiger partial charge in [-0.15, -0.1) is 0 Å². The summed E-state index contributed by atoms with van der Waals surface area (Å²) in [6, 6.07) is 18.5. The van der Waals surface area contributed by atoms with Crippen molar-refractivity contribution in [2.45, 2.75) is 57.8 Å². The van der Waals surface area contributed by atoms with Gasteiger partial charge in [-0.1, -0.05) is 49.4 Å². The van der Waals surface area contributed by atoms with Crippen LogP contribution in [0.3, 0.4) is 0 Å². The molecule has 1 spiro atoms. The summed E-state index contributed by atoms with van der Waals surface area (Å²) in [5.41, 5.74) is 6.35. The van der Waals surface area contributed by atoms with E-state index in [0.29, 0.717) is 29.6 Å². The van der Waals surface area contributed by atoms with E-state index in [4.69, 9.17) is 0 Å². The first kappa shape index (κ1) is 19.7. The molecular formula is C27H34N2O. The molecule has 3 heteroatoms. The molecule has 2 fully saturated rings. The molecule has 2 aromatic carbocycles. The van der Waals surface area contributed by atoms with Crippen LogP contribution in [0.1, 0.15) is 68.1 Å². The first-order chi connectivity index (χ1) is 14.6. The minimum Gasteiger partial charge on any atom is -0.371 e. The van der Waals surface area contributed by atoms with Crippen LogP contribution >= 0.6 is 0 Å². The molecule has 0 aromatic heterocycles. The number of piperidine rings is 1. The number of benzene rings is 2. The predicted octanol–water partition coefficient (Wildman–Crippen LogP) is 5.36. The van der Waals surface area contributed by atoms with Crippen LogP contribution in [0.15, 0.2) is 48.5 Å². The van der Waals surface area contributed by atoms with E-state index in [0.717, 1.165) is 32.6 Å². The molecule has 0 N–H and O–H groups in total. The zero-order valence-electron chi connectivity index (χ0n) is 18.4. The number of para-hydroxylation sites is 1. The Bertz CT molecular complexity index is 911. The highest BCUT2D eigenvalue weighted by Gasteiger charge is 2.55. The maximum absolute atomic E-state index is 12.0. The molecule has 1 amide bonds. The van der Waals surface area contributed by atoms with Crippen LogP contribution in [-0.2, 0) is 11.2 Å². The summed E-state index contributed by atoms with van der Waals surface area (Å²) in [4.78, 5) is 16.6. The molecular weight excluding hydrogens is 368 g/mol. The van der Waals surface area contributed by atoms with Gasteiger partial charge in [-0.05, 0) is 66.7 Å². The molecule has 1 aliphatic carbocycles. The summed E-state index contributed by atoms with van der Waals surface area (Å²) in [7, 11) is 0. The summed E-state index contributed by atoms with van der Waals surface area (Å²) in [6.07, 6.45) is 5.44. The van der Waals surface area contributed by atoms with E-state index >= 15 is 0 Å². The number of nitrogens with zero attached hydrogens (tertiary/aromatic N) is 2. The SMILES string of the molecule is CCC(=O)N1CCC2(CC1)C[C@@H]2c1ccc(C2Cc3ccccc3N(CC)C2)cc1. The topological polar surface area (TPSA) is 23.6 Å². The second kappa shape index (κ2) is 7.76. The Hall–Kier alpha value is -2.29. The molecule has 5 rings (SSSR count). The van der Waals surface area contributed by atoms with Gasteiger partial charge >= 0.3 is 0 Å². The number of carbonyl (C=O) groups excluding carboxylic acids is 1. The second-order valence-corrected chi connectivity index (χ2v) is 9.59. The van der Waals surface area contributed by atoms with Gasteiger partial charge in [0.15, 0.2) is 0 Å². The monoisotopic (exact) mass is 402 g/mol. The smallest absolute Gasteiger partial charge is 0.222 e. The van der Waals surface area contributed by atoms with E-state index in [2.05, 4.69) is 65.3 Å². The zero-order valence-corrected chi connectivity index (χ0v) is 18.4. The highest BCUT2D eigenvalue weighted by atomic mass is 16.2. The fourth-order valence-electron chi connectivity index (χ4n) is 6.01. The molecule has 0 bridgehead atoms. The molecule has 3 aliphatic rings. The van der Waals surface area contributed by atoms with Crippen molar-refractivity contribution in [3.8, 4) is 0 Å². The average molecular weight is 403 g/mol. The van der Waals surface area contributed by atoms with Crippen molar-refractivity contribution in [1.82, 2.24) is 4.90 Å². The largest absolute Gasteiger partial charge is 0.371 e. The van der Waals surface area contributed by atoms with Crippen molar-refractivity contribution in [3.05, 3.63) is 65.2 Å². The van der Waals surface area contributed by atoms with Crippen LogP contribution in [0.2, 0.25) is 0 Å². The van der Waals surface area contributed by atoms with Crippen LogP contribution in [0.4, 0.5) is 5.69 Å². The normalized spacial score (nSPS) is 24.6. The molecule has 2 aromatic rings. The first-order valence-corrected chi connectivity index (χ1v) is 11.8. The number of fused-ring (bicyclic) bond motifs is 1. The first-order valence-electron chi connectivity index (χ1n) is 11.8. The molecule has 1 saturated heterocycles. The molecule has 3 nitrogen and oxygen atoms in total. The highest BCUT2D eigenvalue weighted by molar-refractivity contribution is 5.75. The fourth-order valence-corrected chi connectivity index (χ4v) is 6.01. The Kier molecular flexibility index (Phi) is 5.08. The van der Waals surface area contributed by atoms with Gasteiger partial charge in [0, 0.05) is 44.2 Å². The zero-order chi connectivity index (χ0) is 20.7. The van der Waals surface area contributed by atoms with Crippen LogP contribution in [0, 0.1) is 5.41 Å². The fraction of sp³-hybridized carbons (Fsp3) is 0.519. The Balaban J connectivity index is 1.26. The van der Waals surface area contributed by atoms with Crippen LogP contribution in [0.5, 0.6) is 0 Å². The molecule has 1 saturated carbocycles. The van der Waals surface area contributed by atoms with E-state index in [1.807, 2.05) is 6.92 Å². The Labute approximate surface area is 181 Å². The van der Waals surface area contributed by atoms with Gasteiger partial charge in [0.2, 0.25) is 5.91 Å². The van der Waals surface area contributed by atoms with Gasteiger partial charge in [0.1, 0.15) is 0 Å². The van der Waals surface area contributed by atoms with Gasteiger partial charge < -0.3 is 9.80 Å². The maximum Gasteiger partial charge on any atom is 0.222 e. The molecule has 2 atom stereocenters. The van der Waals surface area contributed by atoms with E-state index < -0.39 is 0 Å². The third-order valence-corrected chi connectivity index (χ3v) is 8.04. The summed E-state index contributed by atoms with van der Waals surface area (Å²) in [5, 5.41) is 0. The summed E-state index contributed by atoms with van der Waals surface area (Å²) in [5.74, 6) is 1.59. The third-order valence-electron chi connectivity index (χ3n) is 8.04. The number of hydrogen-bond acceptors (Lipinski definition) is 2. The Morgan fingerprint density at radius 2 is 1.70 bits per heavy atom. The second-order valence-electron chi connectivity index (χ2n) is 9.59. The van der Waals surface area contributed by atoms with Crippen molar-refractivity contribution in [3.63, 3.8) is 0 Å². The van der Waals surface area contributed by atoms with E-state index in [1.165, 1.54) is 41.6 Å². The van der Waals surface area contributed by atoms with Gasteiger partial charge in [-0.25, -0.2) is 0 Å². The summed E-state index contributed by atoms with van der Waals surface area (Å²) in [6.45, 7) is 8.31. The van der Waals surface area contributed by atoms with E-state index in [-0.39, 0.29) is 0 Å². The summed E-state index contributed by atoms with van der Waals surface area (Å²) >= 11 is 0. The van der Waals surface area contributed by atoms with Crippen LogP contribution < -0.4 is 4.90 Å². The lowest BCUT2D eigenvalue weighted by Gasteiger charge is -2.36. The third kappa shape index (κ3) is 3.42. The highest BCUT2D eigenvalue weighted by Crippen LogP contribution is 2.64. The minimum atomic E-state index is 0.321. The molecule has 1 unspecified atom stereocenters. The molecule has 2 aliphatic heterocycles. The van der Waals surface area contributed by atoms with Crippen LogP contribution in [-0.4, -0.2) is 37.0 Å². The molecule has 0 radical (unpaired) electrons. The quantitative estimate of drug-likeness (QED) is 0.687. The van der Waals surface area contributed by atoms with Gasteiger partial charge in [-0.3, -0.25) is 4.79 Å². The molecule has 158 valence electrons. The average Bonchev–Trinajstić information content (AvgIpc) is 3.51. The van der Waals surface area contributed by atoms with E-state index in [9.17, 15) is 4.79 Å². The van der Waals surface area contributed by atoms with E-state index in [1.54, 1.807) is 0 Å². The van der Waals surface area contributed by atoms with Crippen molar-refractivity contribution < 1.29 is 4.79 Å². The lowest BCUT2D eigenvalue weighted by molar-refractivity contribution is -0.132. The van der Waals surface area contributed by atoms with Crippen molar-refractivity contribution in [2.75, 3.05) is 31.1 Å². The number of likely N-dealkylation sites (tertiary alicyclic amines) is 1. The lowest BCUT2D eigenvalue weighted by atomic mass is 9.85. The summed E-state index contributed by atoms with van der Waals surface area (Å²) < 4.78 is 0. The van der Waals surface area contributed by atoms with Gasteiger partial charge in [0.25, 0.3) is 0 Å². The van der Waals surface area contributed by atoms with Crippen molar-refractivity contribution in [2.24, 2.45) is 5.41 Å². The minimum absolute atomic E-state index is 0.321. The van der Waals surface area contributed by atoms with Crippen molar-refractivity contribution >= 4 is 11.6 Å². The number of amides is 1. The standard InChI is InChI=1S/C27H34N2O/c1-3-26(30)29-15-13-27(14-16-29)18-24(27)21-11-9-20(10-12-21)23-17-22-7-5-6-8-25(22)28(4-2)19-23/h5-12,23-24H,3-4,13-19H2,1-2H3/t23?,24-/m1/s1. The number of rotatable bonds is 4. The number of carbonyl (C=O) groups is 1. The molecule has 30 heavy (non-hydrogen) atoms. The lowest BCUT2D eigenvalue weighted by Crippen LogP contribution is -2.39. The van der Waals surface area contributed by atoms with Crippen LogP contribution in [0.25, 0.3) is 0 Å². The number of likely N-dealkylation sites (N-methyl/N-ethyl adjacent to an activating group) is 1. The predicted molar refractivity (Wildman–Crippen MR) is 123 cm³/mol. The number of anilines is 1. The number of hydrogen-bond donors (Lipinski definition) is 0.